The summed E-state index contributed by atoms with van der Waals surface area (Å²) in [6.45, 7) is 4.95. The van der Waals surface area contributed by atoms with E-state index in [9.17, 15) is 19.2 Å². The number of esters is 3. The molecule has 0 saturated carbocycles. The Morgan fingerprint density at radius 2 is 1.37 bits per heavy atom. The summed E-state index contributed by atoms with van der Waals surface area (Å²) in [5.74, 6) is -2.39. The molecular formula is C29H34FNO10. The summed E-state index contributed by atoms with van der Waals surface area (Å²) in [7, 11) is 0. The van der Waals surface area contributed by atoms with Gasteiger partial charge in [0, 0.05) is 13.8 Å². The van der Waals surface area contributed by atoms with E-state index in [0.29, 0.717) is 5.56 Å². The Labute approximate surface area is 237 Å². The van der Waals surface area contributed by atoms with Crippen LogP contribution in [0.5, 0.6) is 0 Å². The number of carbonyl (C=O) groups is 4. The quantitative estimate of drug-likeness (QED) is 0.314. The molecule has 0 aliphatic carbocycles. The van der Waals surface area contributed by atoms with Crippen molar-refractivity contribution in [3.8, 4) is 0 Å². The number of benzene rings is 2. The maximum atomic E-state index is 15.6. The maximum Gasteiger partial charge on any atom is 0.408 e. The van der Waals surface area contributed by atoms with Crippen LogP contribution in [0, 0.1) is 0 Å². The van der Waals surface area contributed by atoms with Crippen LogP contribution in [0.2, 0.25) is 0 Å². The first-order valence-corrected chi connectivity index (χ1v) is 13.0. The van der Waals surface area contributed by atoms with E-state index >= 15 is 4.39 Å². The average Bonchev–Trinajstić information content (AvgIpc) is 2.94. The van der Waals surface area contributed by atoms with Crippen LogP contribution < -0.4 is 5.32 Å². The third kappa shape index (κ3) is 9.54. The largest absolute Gasteiger partial charge is 0.459 e. The Hall–Kier alpha value is -4.03. The predicted molar refractivity (Wildman–Crippen MR) is 141 cm³/mol. The number of rotatable bonds is 11. The van der Waals surface area contributed by atoms with Gasteiger partial charge in [-0.3, -0.25) is 9.59 Å². The minimum Gasteiger partial charge on any atom is -0.459 e. The third-order valence-corrected chi connectivity index (χ3v) is 6.10. The molecular weight excluding hydrogens is 541 g/mol. The number of ether oxygens (including phenoxy) is 6. The maximum absolute atomic E-state index is 15.6. The normalized spacial score (nSPS) is 23.4. The van der Waals surface area contributed by atoms with Crippen molar-refractivity contribution in [1.29, 1.82) is 0 Å². The molecule has 0 bridgehead atoms. The van der Waals surface area contributed by atoms with Gasteiger partial charge >= 0.3 is 24.0 Å². The van der Waals surface area contributed by atoms with E-state index in [2.05, 4.69) is 5.32 Å². The fourth-order valence-corrected chi connectivity index (χ4v) is 4.12. The van der Waals surface area contributed by atoms with Crippen molar-refractivity contribution in [3.05, 3.63) is 71.8 Å². The van der Waals surface area contributed by atoms with Crippen molar-refractivity contribution >= 4 is 24.0 Å². The number of halogens is 1. The lowest BCUT2D eigenvalue weighted by Gasteiger charge is -2.42. The molecule has 1 heterocycles. The number of alkyl halides is 1. The highest BCUT2D eigenvalue weighted by Gasteiger charge is 2.50. The summed E-state index contributed by atoms with van der Waals surface area (Å²) >= 11 is 0. The highest BCUT2D eigenvalue weighted by molar-refractivity contribution is 5.82. The minimum absolute atomic E-state index is 0.0644. The van der Waals surface area contributed by atoms with E-state index in [1.165, 1.54) is 13.8 Å². The van der Waals surface area contributed by atoms with E-state index in [4.69, 9.17) is 28.4 Å². The zero-order valence-electron chi connectivity index (χ0n) is 23.2. The van der Waals surface area contributed by atoms with Gasteiger partial charge in [-0.1, -0.05) is 60.7 Å². The van der Waals surface area contributed by atoms with Crippen molar-refractivity contribution in [2.45, 2.75) is 83.8 Å². The second-order valence-electron chi connectivity index (χ2n) is 9.42. The molecule has 0 spiro atoms. The van der Waals surface area contributed by atoms with Gasteiger partial charge in [-0.25, -0.2) is 14.0 Å². The second-order valence-corrected chi connectivity index (χ2v) is 9.42. The van der Waals surface area contributed by atoms with Crippen molar-refractivity contribution in [3.63, 3.8) is 0 Å². The molecule has 1 aliphatic rings. The molecule has 1 aliphatic heterocycles. The molecule has 2 aromatic carbocycles. The molecule has 0 unspecified atom stereocenters. The Kier molecular flexibility index (Phi) is 11.6. The number of amides is 1. The van der Waals surface area contributed by atoms with Crippen LogP contribution in [0.15, 0.2) is 60.7 Å². The Bertz CT molecular complexity index is 1160. The van der Waals surface area contributed by atoms with Crippen LogP contribution >= 0.6 is 0 Å². The molecule has 12 heteroatoms. The van der Waals surface area contributed by atoms with Gasteiger partial charge in [0.05, 0.1) is 12.2 Å². The number of alkyl carbamates (subject to hydrolysis) is 1. The monoisotopic (exact) mass is 575 g/mol. The molecule has 222 valence electrons. The SMILES string of the molecule is CC(=O)O[C@H]1[C@H](F)[C@H](O[C@H](C)[C@H](NC(=O)OCc2ccccc2)C(=O)OCc2ccccc2)O[C@@H](C)[C@H]1OC(C)=O. The summed E-state index contributed by atoms with van der Waals surface area (Å²) in [5, 5.41) is 2.42. The molecule has 1 saturated heterocycles. The number of hydrogen-bond donors (Lipinski definition) is 1. The molecule has 7 atom stereocenters. The second kappa shape index (κ2) is 15.1. The lowest BCUT2D eigenvalue weighted by atomic mass is 10.00. The van der Waals surface area contributed by atoms with E-state index < -0.39 is 66.9 Å². The summed E-state index contributed by atoms with van der Waals surface area (Å²) in [5.41, 5.74) is 1.42. The zero-order chi connectivity index (χ0) is 29.9. The number of carbonyl (C=O) groups excluding carboxylic acids is 4. The van der Waals surface area contributed by atoms with E-state index in [-0.39, 0.29) is 13.2 Å². The minimum atomic E-state index is -2.10. The Morgan fingerprint density at radius 1 is 0.854 bits per heavy atom. The molecule has 3 rings (SSSR count). The molecule has 0 radical (unpaired) electrons. The third-order valence-electron chi connectivity index (χ3n) is 6.10. The van der Waals surface area contributed by atoms with Crippen LogP contribution in [-0.4, -0.2) is 66.9 Å². The van der Waals surface area contributed by atoms with Crippen LogP contribution in [0.3, 0.4) is 0 Å². The van der Waals surface area contributed by atoms with Gasteiger partial charge in [0.2, 0.25) is 0 Å². The van der Waals surface area contributed by atoms with Crippen LogP contribution in [-0.2, 0) is 56.0 Å². The van der Waals surface area contributed by atoms with Crippen molar-refractivity contribution in [2.75, 3.05) is 0 Å². The first kappa shape index (κ1) is 31.5. The van der Waals surface area contributed by atoms with Gasteiger partial charge in [-0.05, 0) is 25.0 Å². The summed E-state index contributed by atoms with van der Waals surface area (Å²) in [6.07, 6.45) is -9.62. The van der Waals surface area contributed by atoms with Crippen LogP contribution in [0.1, 0.15) is 38.8 Å². The first-order valence-electron chi connectivity index (χ1n) is 13.0. The molecule has 1 N–H and O–H groups in total. The molecule has 11 nitrogen and oxygen atoms in total. The molecule has 0 aromatic heterocycles. The van der Waals surface area contributed by atoms with Crippen LogP contribution in [0.4, 0.5) is 9.18 Å². The van der Waals surface area contributed by atoms with E-state index in [1.54, 1.807) is 48.5 Å². The first-order chi connectivity index (χ1) is 19.5. The summed E-state index contributed by atoms with van der Waals surface area (Å²) < 4.78 is 47.8. The van der Waals surface area contributed by atoms with Gasteiger partial charge in [-0.2, -0.15) is 0 Å². The standard InChI is InChI=1S/C29H34FNO10/c1-17(38-28-23(30)26(41-20(4)33)25(18(2)39-28)40-19(3)32)24(27(34)36-15-21-11-7-5-8-12-21)31-29(35)37-16-22-13-9-6-10-14-22/h5-14,17-18,23-26,28H,15-16H2,1-4H3,(H,31,35)/t17-,18+,23+,24+,25-,26+,28-/m1/s1. The molecule has 41 heavy (non-hydrogen) atoms. The Morgan fingerprint density at radius 3 is 1.90 bits per heavy atom. The highest BCUT2D eigenvalue weighted by Crippen LogP contribution is 2.30. The van der Waals surface area contributed by atoms with Gasteiger partial charge in [0.1, 0.15) is 13.2 Å². The van der Waals surface area contributed by atoms with E-state index in [1.807, 2.05) is 12.1 Å². The number of nitrogens with one attached hydrogen (secondary N) is 1. The fourth-order valence-electron chi connectivity index (χ4n) is 4.12. The molecule has 2 aromatic rings. The van der Waals surface area contributed by atoms with Gasteiger partial charge in [0.15, 0.2) is 30.7 Å². The fraction of sp³-hybridized carbons (Fsp3) is 0.448. The van der Waals surface area contributed by atoms with Gasteiger partial charge in [0.25, 0.3) is 0 Å². The average molecular weight is 576 g/mol. The topological polar surface area (TPSA) is 136 Å². The predicted octanol–water partition coefficient (Wildman–Crippen LogP) is 3.38. The lowest BCUT2D eigenvalue weighted by Crippen LogP contribution is -2.60. The van der Waals surface area contributed by atoms with Crippen LogP contribution in [0.25, 0.3) is 0 Å². The van der Waals surface area contributed by atoms with Gasteiger partial charge < -0.3 is 33.7 Å². The van der Waals surface area contributed by atoms with Gasteiger partial charge in [-0.15, -0.1) is 0 Å². The smallest absolute Gasteiger partial charge is 0.408 e. The van der Waals surface area contributed by atoms with Crippen molar-refractivity contribution < 1.29 is 52.0 Å². The lowest BCUT2D eigenvalue weighted by molar-refractivity contribution is -0.294. The molecule has 1 amide bonds. The van der Waals surface area contributed by atoms with Crippen molar-refractivity contribution in [2.24, 2.45) is 0 Å². The van der Waals surface area contributed by atoms with E-state index in [0.717, 1.165) is 19.4 Å². The van der Waals surface area contributed by atoms with Crippen molar-refractivity contribution in [1.82, 2.24) is 5.32 Å². The Balaban J connectivity index is 1.73. The summed E-state index contributed by atoms with van der Waals surface area (Å²) in [6, 6.07) is 16.3. The zero-order valence-corrected chi connectivity index (χ0v) is 23.2. The highest BCUT2D eigenvalue weighted by atomic mass is 19.1. The molecule has 1 fully saturated rings. The summed E-state index contributed by atoms with van der Waals surface area (Å²) in [4.78, 5) is 49.0. The number of hydrogen-bond acceptors (Lipinski definition) is 10.